The minimum absolute atomic E-state index is 0.306. The molecule has 0 aromatic carbocycles. The lowest BCUT2D eigenvalue weighted by atomic mass is 10.1. The standard InChI is InChI=1S/C13H19NO/c1-3-5-6-8-12(14-10-4-2)13-9-7-11-15-13/h7,9,11-12,14H,4,6,8,10H2,1-2H3. The molecule has 1 aromatic rings. The Morgan fingerprint density at radius 2 is 2.40 bits per heavy atom. The molecule has 1 heterocycles. The van der Waals surface area contributed by atoms with Crippen LogP contribution in [0.1, 0.15) is 44.9 Å². The first-order chi connectivity index (χ1) is 7.38. The van der Waals surface area contributed by atoms with E-state index >= 15 is 0 Å². The molecule has 1 unspecified atom stereocenters. The first-order valence-corrected chi connectivity index (χ1v) is 5.54. The van der Waals surface area contributed by atoms with E-state index in [0.717, 1.165) is 31.6 Å². The molecule has 0 bridgehead atoms. The summed E-state index contributed by atoms with van der Waals surface area (Å²) in [6.45, 7) is 5.06. The van der Waals surface area contributed by atoms with Gasteiger partial charge in [-0.2, -0.15) is 0 Å². The zero-order chi connectivity index (χ0) is 10.9. The van der Waals surface area contributed by atoms with Gasteiger partial charge in [-0.1, -0.05) is 6.92 Å². The van der Waals surface area contributed by atoms with Gasteiger partial charge in [0, 0.05) is 6.42 Å². The molecule has 0 saturated carbocycles. The zero-order valence-corrected chi connectivity index (χ0v) is 9.55. The quantitative estimate of drug-likeness (QED) is 0.722. The minimum atomic E-state index is 0.306. The van der Waals surface area contributed by atoms with Gasteiger partial charge in [0.1, 0.15) is 5.76 Å². The monoisotopic (exact) mass is 205 g/mol. The molecule has 1 rings (SSSR count). The Kier molecular flexibility index (Phi) is 5.65. The number of furan rings is 1. The maximum absolute atomic E-state index is 5.41. The topological polar surface area (TPSA) is 25.2 Å². The third-order valence-corrected chi connectivity index (χ3v) is 2.26. The SMILES string of the molecule is CC#CCCC(NCCC)c1ccco1. The van der Waals surface area contributed by atoms with Crippen molar-refractivity contribution in [2.75, 3.05) is 6.54 Å². The Bertz CT molecular complexity index is 305. The van der Waals surface area contributed by atoms with E-state index in [4.69, 9.17) is 4.42 Å². The van der Waals surface area contributed by atoms with Gasteiger partial charge < -0.3 is 9.73 Å². The van der Waals surface area contributed by atoms with Gasteiger partial charge in [0.15, 0.2) is 0 Å². The van der Waals surface area contributed by atoms with Crippen molar-refractivity contribution in [2.24, 2.45) is 0 Å². The molecule has 15 heavy (non-hydrogen) atoms. The summed E-state index contributed by atoms with van der Waals surface area (Å²) in [5.74, 6) is 7.02. The molecule has 0 amide bonds. The third-order valence-electron chi connectivity index (χ3n) is 2.26. The second kappa shape index (κ2) is 7.14. The molecule has 1 aromatic heterocycles. The maximum atomic E-state index is 5.41. The minimum Gasteiger partial charge on any atom is -0.468 e. The van der Waals surface area contributed by atoms with E-state index < -0.39 is 0 Å². The third kappa shape index (κ3) is 4.22. The number of nitrogens with one attached hydrogen (secondary N) is 1. The molecule has 1 atom stereocenters. The second-order valence-corrected chi connectivity index (χ2v) is 3.49. The van der Waals surface area contributed by atoms with Gasteiger partial charge in [-0.25, -0.2) is 0 Å². The van der Waals surface area contributed by atoms with E-state index in [0.29, 0.717) is 6.04 Å². The summed E-state index contributed by atoms with van der Waals surface area (Å²) in [5.41, 5.74) is 0. The van der Waals surface area contributed by atoms with Crippen LogP contribution in [0.5, 0.6) is 0 Å². The fraction of sp³-hybridized carbons (Fsp3) is 0.538. The largest absolute Gasteiger partial charge is 0.468 e. The molecule has 0 saturated heterocycles. The molecule has 2 nitrogen and oxygen atoms in total. The molecule has 0 aliphatic rings. The Labute approximate surface area is 92.1 Å². The molecule has 2 heteroatoms. The molecule has 1 N–H and O–H groups in total. The van der Waals surface area contributed by atoms with E-state index in [1.807, 2.05) is 19.1 Å². The highest BCUT2D eigenvalue weighted by molar-refractivity contribution is 5.06. The van der Waals surface area contributed by atoms with E-state index in [1.165, 1.54) is 0 Å². The van der Waals surface area contributed by atoms with Crippen LogP contribution in [-0.2, 0) is 0 Å². The maximum Gasteiger partial charge on any atom is 0.120 e. The predicted molar refractivity (Wildman–Crippen MR) is 62.4 cm³/mol. The van der Waals surface area contributed by atoms with E-state index in [-0.39, 0.29) is 0 Å². The second-order valence-electron chi connectivity index (χ2n) is 3.49. The van der Waals surface area contributed by atoms with Crippen LogP contribution >= 0.6 is 0 Å². The summed E-state index contributed by atoms with van der Waals surface area (Å²) in [6, 6.07) is 4.26. The molecule has 0 aliphatic carbocycles. The highest BCUT2D eigenvalue weighted by Gasteiger charge is 2.11. The van der Waals surface area contributed by atoms with Crippen molar-refractivity contribution < 1.29 is 4.42 Å². The fourth-order valence-corrected chi connectivity index (χ4v) is 1.49. The Balaban J connectivity index is 2.48. The average molecular weight is 205 g/mol. The molecule has 0 aliphatic heterocycles. The van der Waals surface area contributed by atoms with E-state index in [1.54, 1.807) is 6.26 Å². The number of hydrogen-bond donors (Lipinski definition) is 1. The van der Waals surface area contributed by atoms with Crippen molar-refractivity contribution in [1.29, 1.82) is 0 Å². The van der Waals surface area contributed by atoms with Crippen LogP contribution in [0.25, 0.3) is 0 Å². The smallest absolute Gasteiger partial charge is 0.120 e. The van der Waals surface area contributed by atoms with Gasteiger partial charge in [-0.15, -0.1) is 11.8 Å². The fourth-order valence-electron chi connectivity index (χ4n) is 1.49. The first kappa shape index (κ1) is 11.9. The average Bonchev–Trinajstić information content (AvgIpc) is 2.76. The molecule has 0 fully saturated rings. The van der Waals surface area contributed by atoms with Crippen molar-refractivity contribution in [2.45, 2.75) is 39.2 Å². The molecule has 82 valence electrons. The molecular weight excluding hydrogens is 186 g/mol. The van der Waals surface area contributed by atoms with Crippen molar-refractivity contribution >= 4 is 0 Å². The van der Waals surface area contributed by atoms with E-state index in [9.17, 15) is 0 Å². The summed E-state index contributed by atoms with van der Waals surface area (Å²) in [4.78, 5) is 0. The lowest BCUT2D eigenvalue weighted by molar-refractivity contribution is 0.398. The number of hydrogen-bond acceptors (Lipinski definition) is 2. The molecule has 0 spiro atoms. The van der Waals surface area contributed by atoms with Crippen LogP contribution in [0.2, 0.25) is 0 Å². The van der Waals surface area contributed by atoms with Crippen molar-refractivity contribution in [3.05, 3.63) is 24.2 Å². The first-order valence-electron chi connectivity index (χ1n) is 5.54. The van der Waals surface area contributed by atoms with Gasteiger partial charge in [-0.3, -0.25) is 0 Å². The highest BCUT2D eigenvalue weighted by Crippen LogP contribution is 2.18. The highest BCUT2D eigenvalue weighted by atomic mass is 16.3. The van der Waals surface area contributed by atoms with Crippen LogP contribution in [0, 0.1) is 11.8 Å². The van der Waals surface area contributed by atoms with Crippen LogP contribution in [-0.4, -0.2) is 6.54 Å². The lowest BCUT2D eigenvalue weighted by Gasteiger charge is -2.14. The summed E-state index contributed by atoms with van der Waals surface area (Å²) in [6.07, 6.45) is 4.78. The summed E-state index contributed by atoms with van der Waals surface area (Å²) < 4.78 is 5.41. The normalized spacial score (nSPS) is 11.9. The van der Waals surface area contributed by atoms with Crippen LogP contribution in [0.3, 0.4) is 0 Å². The van der Waals surface area contributed by atoms with Crippen LogP contribution in [0.4, 0.5) is 0 Å². The van der Waals surface area contributed by atoms with Gasteiger partial charge in [0.05, 0.1) is 12.3 Å². The summed E-state index contributed by atoms with van der Waals surface area (Å²) in [5, 5.41) is 3.47. The van der Waals surface area contributed by atoms with Crippen molar-refractivity contribution in [1.82, 2.24) is 5.32 Å². The Hall–Kier alpha value is -1.20. The Morgan fingerprint density at radius 1 is 1.53 bits per heavy atom. The molecular formula is C13H19NO. The summed E-state index contributed by atoms with van der Waals surface area (Å²) >= 11 is 0. The van der Waals surface area contributed by atoms with Crippen LogP contribution < -0.4 is 5.32 Å². The number of rotatable bonds is 6. The van der Waals surface area contributed by atoms with E-state index in [2.05, 4.69) is 24.1 Å². The zero-order valence-electron chi connectivity index (χ0n) is 9.55. The van der Waals surface area contributed by atoms with Crippen LogP contribution in [0.15, 0.2) is 22.8 Å². The van der Waals surface area contributed by atoms with Crippen molar-refractivity contribution in [3.8, 4) is 11.8 Å². The van der Waals surface area contributed by atoms with Gasteiger partial charge in [0.2, 0.25) is 0 Å². The lowest BCUT2D eigenvalue weighted by Crippen LogP contribution is -2.21. The van der Waals surface area contributed by atoms with Gasteiger partial charge in [0.25, 0.3) is 0 Å². The molecule has 0 radical (unpaired) electrons. The van der Waals surface area contributed by atoms with Gasteiger partial charge in [-0.05, 0) is 38.4 Å². The predicted octanol–water partition coefficient (Wildman–Crippen LogP) is 3.12. The van der Waals surface area contributed by atoms with Gasteiger partial charge >= 0.3 is 0 Å². The van der Waals surface area contributed by atoms with Crippen molar-refractivity contribution in [3.63, 3.8) is 0 Å². The Morgan fingerprint density at radius 3 is 3.00 bits per heavy atom. The summed E-state index contributed by atoms with van der Waals surface area (Å²) in [7, 11) is 0.